The first kappa shape index (κ1) is 14.9. The fourth-order valence-corrected chi connectivity index (χ4v) is 3.47. The monoisotopic (exact) mass is 293 g/mol. The number of carbonyl (C=O) groups excluding carboxylic acids is 1. The second kappa shape index (κ2) is 5.87. The third-order valence-corrected chi connectivity index (χ3v) is 4.85. The number of carboxylic acids is 1. The van der Waals surface area contributed by atoms with E-state index < -0.39 is 11.5 Å². The van der Waals surface area contributed by atoms with Gasteiger partial charge in [0.05, 0.1) is 5.56 Å². The molecule has 5 heteroatoms. The van der Waals surface area contributed by atoms with Gasteiger partial charge in [0.15, 0.2) is 0 Å². The number of hydrogen-bond acceptors (Lipinski definition) is 3. The SMILES string of the molecule is CCC1(C(=O)O)CCCN1C(=O)c1ccccc1SC. The molecule has 20 heavy (non-hydrogen) atoms. The van der Waals surface area contributed by atoms with Crippen LogP contribution in [0.3, 0.4) is 0 Å². The van der Waals surface area contributed by atoms with Crippen molar-refractivity contribution in [3.8, 4) is 0 Å². The Morgan fingerprint density at radius 3 is 2.70 bits per heavy atom. The van der Waals surface area contributed by atoms with Crippen molar-refractivity contribution in [3.05, 3.63) is 29.8 Å². The molecular weight excluding hydrogens is 274 g/mol. The molecule has 0 spiro atoms. The van der Waals surface area contributed by atoms with Gasteiger partial charge in [-0.05, 0) is 37.7 Å². The zero-order valence-corrected chi connectivity index (χ0v) is 12.6. The van der Waals surface area contributed by atoms with Crippen LogP contribution in [0, 0.1) is 0 Å². The topological polar surface area (TPSA) is 57.6 Å². The van der Waals surface area contributed by atoms with E-state index in [0.717, 1.165) is 11.3 Å². The molecule has 1 heterocycles. The summed E-state index contributed by atoms with van der Waals surface area (Å²) in [6.45, 7) is 2.35. The predicted molar refractivity (Wildman–Crippen MR) is 79.2 cm³/mol. The zero-order chi connectivity index (χ0) is 14.8. The molecule has 2 rings (SSSR count). The molecule has 1 aromatic carbocycles. The highest BCUT2D eigenvalue weighted by Gasteiger charge is 2.48. The van der Waals surface area contributed by atoms with Crippen molar-refractivity contribution in [2.75, 3.05) is 12.8 Å². The van der Waals surface area contributed by atoms with Crippen LogP contribution in [-0.4, -0.2) is 40.2 Å². The smallest absolute Gasteiger partial charge is 0.329 e. The highest BCUT2D eigenvalue weighted by Crippen LogP contribution is 2.35. The molecule has 1 fully saturated rings. The minimum Gasteiger partial charge on any atom is -0.479 e. The Morgan fingerprint density at radius 1 is 1.40 bits per heavy atom. The molecule has 1 unspecified atom stereocenters. The molecule has 1 aliphatic rings. The van der Waals surface area contributed by atoms with Crippen LogP contribution in [-0.2, 0) is 4.79 Å². The molecule has 108 valence electrons. The molecule has 4 nitrogen and oxygen atoms in total. The van der Waals surface area contributed by atoms with Gasteiger partial charge in [-0.2, -0.15) is 0 Å². The Bertz CT molecular complexity index is 532. The summed E-state index contributed by atoms with van der Waals surface area (Å²) in [6, 6.07) is 7.37. The van der Waals surface area contributed by atoms with Gasteiger partial charge in [0, 0.05) is 11.4 Å². The van der Waals surface area contributed by atoms with Gasteiger partial charge >= 0.3 is 5.97 Å². The predicted octanol–water partition coefficient (Wildman–Crippen LogP) is 2.88. The second-order valence-electron chi connectivity index (χ2n) is 4.95. The lowest BCUT2D eigenvalue weighted by Gasteiger charge is -2.34. The Balaban J connectivity index is 2.39. The van der Waals surface area contributed by atoms with Crippen LogP contribution in [0.2, 0.25) is 0 Å². The number of benzene rings is 1. The van der Waals surface area contributed by atoms with Crippen LogP contribution in [0.5, 0.6) is 0 Å². The largest absolute Gasteiger partial charge is 0.479 e. The van der Waals surface area contributed by atoms with E-state index in [1.807, 2.05) is 31.4 Å². The summed E-state index contributed by atoms with van der Waals surface area (Å²) in [7, 11) is 0. The lowest BCUT2D eigenvalue weighted by atomic mass is 9.92. The zero-order valence-electron chi connectivity index (χ0n) is 11.8. The highest BCUT2D eigenvalue weighted by atomic mass is 32.2. The van der Waals surface area contributed by atoms with E-state index in [4.69, 9.17) is 0 Å². The van der Waals surface area contributed by atoms with E-state index in [1.165, 1.54) is 11.8 Å². The number of likely N-dealkylation sites (tertiary alicyclic amines) is 1. The number of carbonyl (C=O) groups is 2. The van der Waals surface area contributed by atoms with E-state index in [1.54, 1.807) is 11.0 Å². The minimum absolute atomic E-state index is 0.170. The van der Waals surface area contributed by atoms with Gasteiger partial charge in [0.1, 0.15) is 5.54 Å². The van der Waals surface area contributed by atoms with E-state index in [2.05, 4.69) is 0 Å². The normalized spacial score (nSPS) is 22.0. The summed E-state index contributed by atoms with van der Waals surface area (Å²) >= 11 is 1.50. The number of aliphatic carboxylic acids is 1. The highest BCUT2D eigenvalue weighted by molar-refractivity contribution is 7.98. The second-order valence-corrected chi connectivity index (χ2v) is 5.80. The van der Waals surface area contributed by atoms with Crippen molar-refractivity contribution in [1.29, 1.82) is 0 Å². The number of hydrogen-bond donors (Lipinski definition) is 1. The fraction of sp³-hybridized carbons (Fsp3) is 0.467. The van der Waals surface area contributed by atoms with Crippen molar-refractivity contribution in [1.82, 2.24) is 4.90 Å². The van der Waals surface area contributed by atoms with Gasteiger partial charge in [-0.25, -0.2) is 4.79 Å². The Kier molecular flexibility index (Phi) is 4.38. The summed E-state index contributed by atoms with van der Waals surface area (Å²) in [5.41, 5.74) is -0.441. The van der Waals surface area contributed by atoms with Crippen molar-refractivity contribution in [2.45, 2.75) is 36.6 Å². The third kappa shape index (κ3) is 2.30. The Labute approximate surface area is 123 Å². The van der Waals surface area contributed by atoms with E-state index >= 15 is 0 Å². The summed E-state index contributed by atoms with van der Waals surface area (Å²) in [6.07, 6.45) is 3.63. The van der Waals surface area contributed by atoms with E-state index in [9.17, 15) is 14.7 Å². The molecule has 0 bridgehead atoms. The van der Waals surface area contributed by atoms with Gasteiger partial charge < -0.3 is 10.0 Å². The molecule has 0 saturated carbocycles. The van der Waals surface area contributed by atoms with E-state index in [-0.39, 0.29) is 5.91 Å². The first-order valence-electron chi connectivity index (χ1n) is 6.75. The van der Waals surface area contributed by atoms with Crippen LogP contribution in [0.1, 0.15) is 36.5 Å². The Hall–Kier alpha value is -1.49. The van der Waals surface area contributed by atoms with Crippen molar-refractivity contribution >= 4 is 23.6 Å². The maximum Gasteiger partial charge on any atom is 0.329 e. The molecule has 1 aliphatic heterocycles. The molecule has 0 radical (unpaired) electrons. The summed E-state index contributed by atoms with van der Waals surface area (Å²) in [5.74, 6) is -1.07. The fourth-order valence-electron chi connectivity index (χ4n) is 2.88. The van der Waals surface area contributed by atoms with Crippen LogP contribution < -0.4 is 0 Å². The van der Waals surface area contributed by atoms with Crippen LogP contribution in [0.15, 0.2) is 29.2 Å². The third-order valence-electron chi connectivity index (χ3n) is 4.05. The lowest BCUT2D eigenvalue weighted by molar-refractivity contribution is -0.148. The quantitative estimate of drug-likeness (QED) is 0.867. The lowest BCUT2D eigenvalue weighted by Crippen LogP contribution is -2.52. The average Bonchev–Trinajstić information content (AvgIpc) is 2.91. The summed E-state index contributed by atoms with van der Waals surface area (Å²) in [5, 5.41) is 9.56. The van der Waals surface area contributed by atoms with Gasteiger partial charge in [0.25, 0.3) is 5.91 Å². The van der Waals surface area contributed by atoms with Crippen molar-refractivity contribution in [3.63, 3.8) is 0 Å². The molecule has 1 aromatic rings. The molecule has 1 atom stereocenters. The number of rotatable bonds is 4. The maximum atomic E-state index is 12.8. The number of thioether (sulfide) groups is 1. The first-order chi connectivity index (χ1) is 9.56. The number of amides is 1. The Morgan fingerprint density at radius 2 is 2.10 bits per heavy atom. The number of carboxylic acid groups (broad SMARTS) is 1. The average molecular weight is 293 g/mol. The first-order valence-corrected chi connectivity index (χ1v) is 7.97. The van der Waals surface area contributed by atoms with Gasteiger partial charge in [-0.3, -0.25) is 4.79 Å². The van der Waals surface area contributed by atoms with Crippen LogP contribution in [0.4, 0.5) is 0 Å². The van der Waals surface area contributed by atoms with Crippen molar-refractivity contribution in [2.24, 2.45) is 0 Å². The molecule has 0 aromatic heterocycles. The van der Waals surface area contributed by atoms with Gasteiger partial charge in [0.2, 0.25) is 0 Å². The standard InChI is InChI=1S/C15H19NO3S/c1-3-15(14(18)19)9-6-10-16(15)13(17)11-7-4-5-8-12(11)20-2/h4-5,7-8H,3,6,9-10H2,1-2H3,(H,18,19). The molecule has 1 amide bonds. The van der Waals surface area contributed by atoms with Gasteiger partial charge in [-0.15, -0.1) is 11.8 Å². The minimum atomic E-state index is -1.04. The van der Waals surface area contributed by atoms with Crippen molar-refractivity contribution < 1.29 is 14.7 Å². The maximum absolute atomic E-state index is 12.8. The molecule has 1 N–H and O–H groups in total. The van der Waals surface area contributed by atoms with Crippen LogP contribution >= 0.6 is 11.8 Å². The van der Waals surface area contributed by atoms with Crippen LogP contribution in [0.25, 0.3) is 0 Å². The molecule has 1 saturated heterocycles. The molecule has 0 aliphatic carbocycles. The summed E-state index contributed by atoms with van der Waals surface area (Å²) in [4.78, 5) is 26.8. The molecular formula is C15H19NO3S. The number of nitrogens with zero attached hydrogens (tertiary/aromatic N) is 1. The van der Waals surface area contributed by atoms with E-state index in [0.29, 0.717) is 24.9 Å². The summed E-state index contributed by atoms with van der Waals surface area (Å²) < 4.78 is 0. The van der Waals surface area contributed by atoms with Gasteiger partial charge in [-0.1, -0.05) is 19.1 Å².